The molecule has 2 aromatic heterocycles. The molecular formula is C76H50N2O2. The smallest absolute Gasteiger partial charge is 0.143 e. The molecule has 2 aliphatic heterocycles. The highest BCUT2D eigenvalue weighted by molar-refractivity contribution is 6.11. The highest BCUT2D eigenvalue weighted by atomic mass is 16.3. The van der Waals surface area contributed by atoms with Gasteiger partial charge in [-0.05, 0) is 140 Å². The van der Waals surface area contributed by atoms with E-state index in [1.807, 2.05) is 0 Å². The van der Waals surface area contributed by atoms with Crippen LogP contribution in [0, 0.1) is 0 Å². The third-order valence-electron chi connectivity index (χ3n) is 17.9. The van der Waals surface area contributed by atoms with E-state index < -0.39 is 5.41 Å². The Labute approximate surface area is 463 Å². The van der Waals surface area contributed by atoms with Crippen LogP contribution in [0.15, 0.2) is 276 Å². The van der Waals surface area contributed by atoms with Crippen LogP contribution in [0.4, 0.5) is 34.1 Å². The third-order valence-corrected chi connectivity index (χ3v) is 17.9. The SMILES string of the molecule is CC1(C)c2ccccc2-c2ccc(N3c4ccccc4C4(c5ccccc53)c3cc(-c5cccc6c5oc5ccccc56)ccc3N(c3ccc(-c5ccccc5)cc3)c3ccc(-c5cccc6c5oc5ccccc56)cc34)cc21. The van der Waals surface area contributed by atoms with E-state index >= 15 is 0 Å². The average Bonchev–Trinajstić information content (AvgIpc) is 2.34. The van der Waals surface area contributed by atoms with Crippen molar-refractivity contribution in [1.29, 1.82) is 0 Å². The molecule has 376 valence electrons. The molecule has 0 radical (unpaired) electrons. The van der Waals surface area contributed by atoms with Crippen molar-refractivity contribution in [3.63, 3.8) is 0 Å². The second kappa shape index (κ2) is 16.7. The number of benzene rings is 12. The predicted octanol–water partition coefficient (Wildman–Crippen LogP) is 20.7. The first-order chi connectivity index (χ1) is 39.4. The van der Waals surface area contributed by atoms with E-state index in [1.165, 1.54) is 55.6 Å². The predicted molar refractivity (Wildman–Crippen MR) is 330 cm³/mol. The van der Waals surface area contributed by atoms with Crippen molar-refractivity contribution >= 4 is 78.0 Å². The van der Waals surface area contributed by atoms with Crippen molar-refractivity contribution in [3.05, 3.63) is 300 Å². The Bertz CT molecular complexity index is 4670. The number of para-hydroxylation sites is 6. The first-order valence-corrected chi connectivity index (χ1v) is 27.7. The molecule has 4 heterocycles. The summed E-state index contributed by atoms with van der Waals surface area (Å²) >= 11 is 0. The minimum absolute atomic E-state index is 0.180. The first-order valence-electron chi connectivity index (χ1n) is 27.7. The molecule has 4 heteroatoms. The van der Waals surface area contributed by atoms with Gasteiger partial charge in [-0.25, -0.2) is 0 Å². The second-order valence-electron chi connectivity index (χ2n) is 22.3. The van der Waals surface area contributed by atoms with Gasteiger partial charge in [0.15, 0.2) is 0 Å². The molecule has 0 saturated heterocycles. The number of fused-ring (bicyclic) bond motifs is 17. The van der Waals surface area contributed by atoms with E-state index in [0.29, 0.717) is 0 Å². The molecule has 80 heavy (non-hydrogen) atoms. The topological polar surface area (TPSA) is 32.8 Å². The van der Waals surface area contributed by atoms with Gasteiger partial charge in [0, 0.05) is 49.5 Å². The standard InChI is InChI=1S/C76H50N2O2/c1-75(2)61-27-9-6-20-55(61)56-41-40-52(46-64(56)75)78-67-30-12-10-28-62(67)76(63-29-11-13-31-68(63)78)65-44-49(53-23-16-25-59-57-21-7-14-32-71(57)79-73(53)59)36-42-69(65)77(51-38-34-48(35-39-51)47-18-4-3-5-19-47)70-43-37-50(45-66(70)76)54-24-17-26-60-58-22-8-15-33-72(58)80-74(54)60/h3-46H,1-2H3. The minimum Gasteiger partial charge on any atom is -0.455 e. The molecule has 0 fully saturated rings. The fourth-order valence-electron chi connectivity index (χ4n) is 14.3. The molecule has 3 aliphatic rings. The molecule has 0 amide bonds. The van der Waals surface area contributed by atoms with Crippen molar-refractivity contribution < 1.29 is 8.83 Å². The van der Waals surface area contributed by atoms with Crippen LogP contribution < -0.4 is 9.80 Å². The lowest BCUT2D eigenvalue weighted by molar-refractivity contribution is 0.660. The van der Waals surface area contributed by atoms with Crippen molar-refractivity contribution in [2.24, 2.45) is 0 Å². The van der Waals surface area contributed by atoms with E-state index in [4.69, 9.17) is 8.83 Å². The molecule has 14 aromatic rings. The maximum absolute atomic E-state index is 6.85. The van der Waals surface area contributed by atoms with Crippen molar-refractivity contribution in [1.82, 2.24) is 0 Å². The fraction of sp³-hybridized carbons (Fsp3) is 0.0526. The molecular weight excluding hydrogens is 973 g/mol. The summed E-state index contributed by atoms with van der Waals surface area (Å²) in [6.45, 7) is 4.75. The minimum atomic E-state index is -0.864. The Morgan fingerprint density at radius 2 is 0.700 bits per heavy atom. The Morgan fingerprint density at radius 3 is 1.30 bits per heavy atom. The number of hydrogen-bond donors (Lipinski definition) is 0. The van der Waals surface area contributed by atoms with Crippen LogP contribution >= 0.6 is 0 Å². The summed E-state index contributed by atoms with van der Waals surface area (Å²) in [5.41, 5.74) is 25.8. The van der Waals surface area contributed by atoms with Crippen LogP contribution in [-0.2, 0) is 10.8 Å². The Kier molecular flexibility index (Phi) is 9.36. The Hall–Kier alpha value is -10.2. The molecule has 12 aromatic carbocycles. The van der Waals surface area contributed by atoms with Gasteiger partial charge in [-0.1, -0.05) is 208 Å². The van der Waals surface area contributed by atoms with Gasteiger partial charge in [-0.2, -0.15) is 0 Å². The normalized spacial score (nSPS) is 14.3. The second-order valence-corrected chi connectivity index (χ2v) is 22.3. The van der Waals surface area contributed by atoms with Gasteiger partial charge in [0.2, 0.25) is 0 Å². The maximum atomic E-state index is 6.85. The molecule has 1 spiro atoms. The van der Waals surface area contributed by atoms with Crippen LogP contribution in [0.2, 0.25) is 0 Å². The van der Waals surface area contributed by atoms with Gasteiger partial charge in [0.05, 0.1) is 28.2 Å². The van der Waals surface area contributed by atoms with E-state index in [0.717, 1.165) is 100 Å². The number of furan rings is 2. The largest absolute Gasteiger partial charge is 0.455 e. The van der Waals surface area contributed by atoms with Crippen molar-refractivity contribution in [2.75, 3.05) is 9.80 Å². The molecule has 0 unspecified atom stereocenters. The highest BCUT2D eigenvalue weighted by Gasteiger charge is 2.52. The Morgan fingerprint density at radius 1 is 0.275 bits per heavy atom. The van der Waals surface area contributed by atoms with Crippen LogP contribution in [0.3, 0.4) is 0 Å². The summed E-state index contributed by atoms with van der Waals surface area (Å²) in [7, 11) is 0. The lowest BCUT2D eigenvalue weighted by Gasteiger charge is -2.51. The number of anilines is 6. The molecule has 0 saturated carbocycles. The number of rotatable bonds is 5. The molecule has 4 nitrogen and oxygen atoms in total. The maximum Gasteiger partial charge on any atom is 0.143 e. The molecule has 0 atom stereocenters. The zero-order valence-corrected chi connectivity index (χ0v) is 44.1. The van der Waals surface area contributed by atoms with E-state index in [-0.39, 0.29) is 5.41 Å². The Balaban J connectivity index is 0.975. The lowest BCUT2D eigenvalue weighted by Crippen LogP contribution is -2.42. The van der Waals surface area contributed by atoms with Gasteiger partial charge in [0.25, 0.3) is 0 Å². The number of hydrogen-bond acceptors (Lipinski definition) is 4. The molecule has 1 aliphatic carbocycles. The van der Waals surface area contributed by atoms with E-state index in [2.05, 4.69) is 291 Å². The third kappa shape index (κ3) is 6.16. The summed E-state index contributed by atoms with van der Waals surface area (Å²) < 4.78 is 13.7. The van der Waals surface area contributed by atoms with Crippen LogP contribution in [-0.4, -0.2) is 0 Å². The summed E-state index contributed by atoms with van der Waals surface area (Å²) in [6.07, 6.45) is 0. The monoisotopic (exact) mass is 1020 g/mol. The zero-order chi connectivity index (χ0) is 52.8. The van der Waals surface area contributed by atoms with Crippen molar-refractivity contribution in [2.45, 2.75) is 24.7 Å². The number of nitrogens with zero attached hydrogens (tertiary/aromatic N) is 2. The van der Waals surface area contributed by atoms with E-state index in [1.54, 1.807) is 0 Å². The van der Waals surface area contributed by atoms with E-state index in [9.17, 15) is 0 Å². The summed E-state index contributed by atoms with van der Waals surface area (Å²) in [4.78, 5) is 5.03. The van der Waals surface area contributed by atoms with Gasteiger partial charge in [0.1, 0.15) is 22.3 Å². The lowest BCUT2D eigenvalue weighted by atomic mass is 9.59. The summed E-state index contributed by atoms with van der Waals surface area (Å²) in [5.74, 6) is 0. The summed E-state index contributed by atoms with van der Waals surface area (Å²) in [6, 6.07) is 98.5. The van der Waals surface area contributed by atoms with Gasteiger partial charge in [-0.15, -0.1) is 0 Å². The average molecular weight is 1020 g/mol. The van der Waals surface area contributed by atoms with Gasteiger partial charge in [-0.3, -0.25) is 0 Å². The molecule has 0 bridgehead atoms. The van der Waals surface area contributed by atoms with Crippen LogP contribution in [0.25, 0.3) is 88.4 Å². The van der Waals surface area contributed by atoms with Gasteiger partial charge < -0.3 is 18.6 Å². The zero-order valence-electron chi connectivity index (χ0n) is 44.1. The highest BCUT2D eigenvalue weighted by Crippen LogP contribution is 2.65. The summed E-state index contributed by atoms with van der Waals surface area (Å²) in [5, 5.41) is 4.42. The van der Waals surface area contributed by atoms with Crippen LogP contribution in [0.5, 0.6) is 0 Å². The van der Waals surface area contributed by atoms with Crippen LogP contribution in [0.1, 0.15) is 47.2 Å². The quantitative estimate of drug-likeness (QED) is 0.172. The molecule has 0 N–H and O–H groups in total. The fourth-order valence-corrected chi connectivity index (χ4v) is 14.3. The molecule has 17 rings (SSSR count). The van der Waals surface area contributed by atoms with Crippen molar-refractivity contribution in [3.8, 4) is 44.5 Å². The van der Waals surface area contributed by atoms with Gasteiger partial charge >= 0.3 is 0 Å². The first kappa shape index (κ1) is 44.9.